The number of primary amides is 1. The number of unbranched alkanes of at least 4 members (excludes halogenated alkanes) is 1. The fourth-order valence-corrected chi connectivity index (χ4v) is 5.83. The van der Waals surface area contributed by atoms with Crippen LogP contribution in [0.3, 0.4) is 0 Å². The van der Waals surface area contributed by atoms with E-state index in [1.165, 1.54) is 16.3 Å². The van der Waals surface area contributed by atoms with E-state index in [4.69, 9.17) is 34.7 Å². The van der Waals surface area contributed by atoms with Crippen molar-refractivity contribution in [3.8, 4) is 0 Å². The normalized spacial score (nSPS) is 15.7. The van der Waals surface area contributed by atoms with Crippen molar-refractivity contribution in [2.75, 3.05) is 26.2 Å². The zero-order valence-corrected chi connectivity index (χ0v) is 23.4. The molecule has 39 heavy (non-hydrogen) atoms. The largest absolute Gasteiger partial charge is 0.366 e. The summed E-state index contributed by atoms with van der Waals surface area (Å²) in [6.45, 7) is 2.09. The summed E-state index contributed by atoms with van der Waals surface area (Å²) in [7, 11) is 0. The van der Waals surface area contributed by atoms with E-state index in [9.17, 15) is 14.4 Å². The molecule has 3 aromatic carbocycles. The molecule has 0 spiro atoms. The molecule has 1 atom stereocenters. The third kappa shape index (κ3) is 6.90. The molecule has 0 unspecified atom stereocenters. The third-order valence-electron chi connectivity index (χ3n) is 7.35. The van der Waals surface area contributed by atoms with Crippen LogP contribution in [0.2, 0.25) is 10.0 Å². The van der Waals surface area contributed by atoms with Crippen LogP contribution in [0.1, 0.15) is 47.2 Å². The molecule has 4 N–H and O–H groups in total. The van der Waals surface area contributed by atoms with Crippen molar-refractivity contribution < 1.29 is 14.4 Å². The number of benzene rings is 3. The molecule has 7 nitrogen and oxygen atoms in total. The summed E-state index contributed by atoms with van der Waals surface area (Å²) in [4.78, 5) is 42.2. The molecule has 1 heterocycles. The number of rotatable bonds is 11. The standard InChI is InChI=1S/C30H34Cl2N4O3/c31-24-12-10-22(28(32)27(24)29(34)38)11-13-26(37)36-18-17-35(30(39)25(36)7-3-4-15-33)16-14-20-8-9-21-5-1-2-6-23(21)19-20/h1-2,5-6,8-10,12,19,25H,3-4,7,11,13-18,33H2,(H2,34,38)/t25-/m0/s1. The van der Waals surface area contributed by atoms with Crippen LogP contribution in [-0.2, 0) is 22.4 Å². The van der Waals surface area contributed by atoms with Gasteiger partial charge in [0, 0.05) is 26.1 Å². The van der Waals surface area contributed by atoms with Crippen LogP contribution in [0.5, 0.6) is 0 Å². The van der Waals surface area contributed by atoms with Gasteiger partial charge in [-0.1, -0.05) is 71.7 Å². The first-order valence-corrected chi connectivity index (χ1v) is 14.1. The van der Waals surface area contributed by atoms with Gasteiger partial charge in [0.05, 0.1) is 15.6 Å². The van der Waals surface area contributed by atoms with E-state index in [2.05, 4.69) is 30.3 Å². The maximum atomic E-state index is 13.6. The van der Waals surface area contributed by atoms with Gasteiger partial charge in [0.1, 0.15) is 6.04 Å². The lowest BCUT2D eigenvalue weighted by molar-refractivity contribution is -0.151. The second-order valence-corrected chi connectivity index (χ2v) is 10.7. The Bertz CT molecular complexity index is 1360. The van der Waals surface area contributed by atoms with Gasteiger partial charge < -0.3 is 21.3 Å². The first kappa shape index (κ1) is 28.9. The van der Waals surface area contributed by atoms with Crippen molar-refractivity contribution in [2.24, 2.45) is 11.5 Å². The van der Waals surface area contributed by atoms with Crippen molar-refractivity contribution >= 4 is 51.7 Å². The van der Waals surface area contributed by atoms with Gasteiger partial charge in [-0.15, -0.1) is 0 Å². The van der Waals surface area contributed by atoms with Gasteiger partial charge in [-0.3, -0.25) is 14.4 Å². The number of halogens is 2. The number of hydrogen-bond donors (Lipinski definition) is 2. The van der Waals surface area contributed by atoms with Crippen LogP contribution >= 0.6 is 23.2 Å². The summed E-state index contributed by atoms with van der Waals surface area (Å²) < 4.78 is 0. The molecule has 0 bridgehead atoms. The molecule has 0 radical (unpaired) electrons. The molecular weight excluding hydrogens is 535 g/mol. The van der Waals surface area contributed by atoms with Gasteiger partial charge in [0.15, 0.2) is 0 Å². The van der Waals surface area contributed by atoms with E-state index in [0.717, 1.165) is 19.3 Å². The molecule has 3 amide bonds. The lowest BCUT2D eigenvalue weighted by atomic mass is 10.0. The van der Waals surface area contributed by atoms with E-state index in [-0.39, 0.29) is 33.8 Å². The number of nitrogens with two attached hydrogens (primary N) is 2. The first-order valence-electron chi connectivity index (χ1n) is 13.3. The van der Waals surface area contributed by atoms with Crippen molar-refractivity contribution in [3.63, 3.8) is 0 Å². The topological polar surface area (TPSA) is 110 Å². The molecule has 0 saturated carbocycles. The highest BCUT2D eigenvalue weighted by molar-refractivity contribution is 6.40. The average Bonchev–Trinajstić information content (AvgIpc) is 2.92. The highest BCUT2D eigenvalue weighted by Crippen LogP contribution is 2.29. The Hall–Kier alpha value is -3.13. The fourth-order valence-electron chi connectivity index (χ4n) is 5.18. The van der Waals surface area contributed by atoms with Crippen LogP contribution in [0.15, 0.2) is 54.6 Å². The Morgan fingerprint density at radius 3 is 2.46 bits per heavy atom. The molecule has 1 fully saturated rings. The molecule has 0 aromatic heterocycles. The third-order valence-corrected chi connectivity index (χ3v) is 8.09. The first-order chi connectivity index (χ1) is 18.8. The predicted molar refractivity (Wildman–Crippen MR) is 156 cm³/mol. The maximum absolute atomic E-state index is 13.6. The quantitative estimate of drug-likeness (QED) is 0.329. The molecule has 1 aliphatic heterocycles. The highest BCUT2D eigenvalue weighted by Gasteiger charge is 2.36. The number of aryl methyl sites for hydroxylation is 1. The monoisotopic (exact) mass is 568 g/mol. The zero-order valence-electron chi connectivity index (χ0n) is 21.9. The molecule has 1 saturated heterocycles. The molecular formula is C30H34Cl2N4O3. The number of fused-ring (bicyclic) bond motifs is 1. The van der Waals surface area contributed by atoms with Gasteiger partial charge in [0.25, 0.3) is 5.91 Å². The second-order valence-electron chi connectivity index (χ2n) is 9.90. The number of carbonyl (C=O) groups is 3. The van der Waals surface area contributed by atoms with Crippen molar-refractivity contribution in [3.05, 3.63) is 81.3 Å². The van der Waals surface area contributed by atoms with Gasteiger partial charge in [-0.05, 0) is 66.6 Å². The summed E-state index contributed by atoms with van der Waals surface area (Å²) in [5.74, 6) is -0.863. The minimum absolute atomic E-state index is 0.0204. The Morgan fingerprint density at radius 2 is 1.72 bits per heavy atom. The van der Waals surface area contributed by atoms with E-state index in [0.29, 0.717) is 44.6 Å². The fraction of sp³-hybridized carbons (Fsp3) is 0.367. The number of nitrogens with zero attached hydrogens (tertiary/aromatic N) is 2. The molecule has 3 aromatic rings. The van der Waals surface area contributed by atoms with Crippen LogP contribution in [0.4, 0.5) is 0 Å². The molecule has 0 aliphatic carbocycles. The Kier molecular flexibility index (Phi) is 9.83. The molecule has 4 rings (SSSR count). The van der Waals surface area contributed by atoms with Gasteiger partial charge >= 0.3 is 0 Å². The maximum Gasteiger partial charge on any atom is 0.251 e. The lowest BCUT2D eigenvalue weighted by Gasteiger charge is -2.41. The minimum Gasteiger partial charge on any atom is -0.366 e. The highest BCUT2D eigenvalue weighted by atomic mass is 35.5. The summed E-state index contributed by atoms with van der Waals surface area (Å²) in [5, 5.41) is 2.71. The molecule has 1 aliphatic rings. The Labute approximate surface area is 239 Å². The number of amides is 3. The number of hydrogen-bond acceptors (Lipinski definition) is 4. The molecule has 9 heteroatoms. The summed E-state index contributed by atoms with van der Waals surface area (Å²) in [6, 6.07) is 17.3. The average molecular weight is 570 g/mol. The van der Waals surface area contributed by atoms with Crippen LogP contribution in [0, 0.1) is 0 Å². The van der Waals surface area contributed by atoms with E-state index >= 15 is 0 Å². The predicted octanol–water partition coefficient (Wildman–Crippen LogP) is 4.59. The van der Waals surface area contributed by atoms with Crippen molar-refractivity contribution in [1.29, 1.82) is 0 Å². The lowest BCUT2D eigenvalue weighted by Crippen LogP contribution is -2.59. The van der Waals surface area contributed by atoms with Gasteiger partial charge in [0.2, 0.25) is 11.8 Å². The molecule has 206 valence electrons. The van der Waals surface area contributed by atoms with Gasteiger partial charge in [-0.25, -0.2) is 0 Å². The number of carbonyl (C=O) groups excluding carboxylic acids is 3. The van der Waals surface area contributed by atoms with Crippen LogP contribution < -0.4 is 11.5 Å². The van der Waals surface area contributed by atoms with Crippen molar-refractivity contribution in [1.82, 2.24) is 9.80 Å². The Morgan fingerprint density at radius 1 is 0.949 bits per heavy atom. The van der Waals surface area contributed by atoms with E-state index < -0.39 is 11.9 Å². The van der Waals surface area contributed by atoms with Crippen molar-refractivity contribution in [2.45, 2.75) is 44.6 Å². The summed E-state index contributed by atoms with van der Waals surface area (Å²) in [6.07, 6.45) is 3.33. The summed E-state index contributed by atoms with van der Waals surface area (Å²) in [5.41, 5.74) is 12.9. The van der Waals surface area contributed by atoms with Crippen LogP contribution in [-0.4, -0.2) is 59.7 Å². The summed E-state index contributed by atoms with van der Waals surface area (Å²) >= 11 is 12.4. The minimum atomic E-state index is -0.719. The smallest absolute Gasteiger partial charge is 0.251 e. The number of piperazine rings is 1. The second kappa shape index (κ2) is 13.3. The van der Waals surface area contributed by atoms with E-state index in [1.807, 2.05) is 17.0 Å². The van der Waals surface area contributed by atoms with Crippen LogP contribution in [0.25, 0.3) is 10.8 Å². The Balaban J connectivity index is 1.42. The van der Waals surface area contributed by atoms with E-state index in [1.54, 1.807) is 17.0 Å². The SMILES string of the molecule is NCCCC[C@H]1C(=O)N(CCc2ccc3ccccc3c2)CCN1C(=O)CCc1ccc(Cl)c(C(N)=O)c1Cl. The zero-order chi connectivity index (χ0) is 27.9. The van der Waals surface area contributed by atoms with Gasteiger partial charge in [-0.2, -0.15) is 0 Å².